The Morgan fingerprint density at radius 1 is 0.972 bits per heavy atom. The summed E-state index contributed by atoms with van der Waals surface area (Å²) in [5.74, 6) is 0.737. The second kappa shape index (κ2) is 13.9. The second-order valence-corrected chi connectivity index (χ2v) is 7.77. The van der Waals surface area contributed by atoms with Gasteiger partial charge in [0.05, 0.1) is 19.8 Å². The molecule has 0 spiro atoms. The summed E-state index contributed by atoms with van der Waals surface area (Å²) in [7, 11) is 2.84. The van der Waals surface area contributed by atoms with Gasteiger partial charge < -0.3 is 29.4 Å². The van der Waals surface area contributed by atoms with Crippen LogP contribution in [-0.4, -0.2) is 57.7 Å². The topological polar surface area (TPSA) is 86.3 Å². The summed E-state index contributed by atoms with van der Waals surface area (Å²) in [6.45, 7) is 1.39. The van der Waals surface area contributed by atoms with Crippen molar-refractivity contribution in [3.8, 4) is 17.2 Å². The third-order valence-corrected chi connectivity index (χ3v) is 5.19. The zero-order valence-corrected chi connectivity index (χ0v) is 20.3. The van der Waals surface area contributed by atoms with Gasteiger partial charge in [-0.3, -0.25) is 0 Å². The molecule has 0 radical (unpaired) electrons. The average Bonchev–Trinajstić information content (AvgIpc) is 2.91. The summed E-state index contributed by atoms with van der Waals surface area (Å²) in [6, 6.07) is 20.3. The molecule has 0 aliphatic rings. The number of esters is 1. The maximum Gasteiger partial charge on any atom is 0.338 e. The molecule has 0 saturated heterocycles. The van der Waals surface area contributed by atoms with E-state index < -0.39 is 17.9 Å². The molecular weight excluding hydrogens is 465 g/mol. The molecule has 0 aliphatic carbocycles. The number of halogens is 1. The number of aliphatic hydroxyl groups excluding tert-OH is 1. The van der Waals surface area contributed by atoms with Crippen LogP contribution in [0.25, 0.3) is 11.6 Å². The van der Waals surface area contributed by atoms with Crippen molar-refractivity contribution in [3.63, 3.8) is 0 Å². The van der Waals surface area contributed by atoms with Gasteiger partial charge in [0.1, 0.15) is 30.9 Å². The van der Waals surface area contributed by atoms with E-state index in [1.54, 1.807) is 49.6 Å². The van der Waals surface area contributed by atoms with Gasteiger partial charge in [-0.1, -0.05) is 42.5 Å². The van der Waals surface area contributed by atoms with Crippen molar-refractivity contribution in [1.29, 1.82) is 0 Å². The quantitative estimate of drug-likeness (QED) is 0.161. The van der Waals surface area contributed by atoms with E-state index in [4.69, 9.17) is 18.9 Å². The van der Waals surface area contributed by atoms with Crippen LogP contribution < -0.4 is 19.5 Å². The summed E-state index contributed by atoms with van der Waals surface area (Å²) in [6.07, 6.45) is 0.836. The zero-order chi connectivity index (χ0) is 25.8. The van der Waals surface area contributed by atoms with Gasteiger partial charge in [-0.15, -0.1) is 0 Å². The van der Waals surface area contributed by atoms with Gasteiger partial charge in [0.25, 0.3) is 0 Å². The zero-order valence-electron chi connectivity index (χ0n) is 20.3. The number of rotatable bonds is 13. The van der Waals surface area contributed by atoms with Gasteiger partial charge in [-0.2, -0.15) is 0 Å². The minimum absolute atomic E-state index is 0.0954. The highest BCUT2D eigenvalue weighted by Crippen LogP contribution is 2.25. The highest BCUT2D eigenvalue weighted by Gasteiger charge is 2.16. The molecule has 7 nitrogen and oxygen atoms in total. The molecule has 0 aliphatic heterocycles. The summed E-state index contributed by atoms with van der Waals surface area (Å²) >= 11 is 0. The molecule has 3 aromatic carbocycles. The number of aliphatic hydroxyl groups is 1. The van der Waals surface area contributed by atoms with Gasteiger partial charge in [0.15, 0.2) is 11.5 Å². The molecule has 36 heavy (non-hydrogen) atoms. The number of methoxy groups -OCH3 is 2. The molecule has 8 heteroatoms. The second-order valence-electron chi connectivity index (χ2n) is 7.77. The molecular formula is C28H30FNO6. The van der Waals surface area contributed by atoms with Crippen molar-refractivity contribution in [2.24, 2.45) is 0 Å². The molecule has 190 valence electrons. The lowest BCUT2D eigenvalue weighted by Crippen LogP contribution is -2.33. The maximum absolute atomic E-state index is 14.2. The molecule has 0 heterocycles. The summed E-state index contributed by atoms with van der Waals surface area (Å²) in [4.78, 5) is 12.2. The number of para-hydroxylation sites is 2. The van der Waals surface area contributed by atoms with Gasteiger partial charge in [-0.05, 0) is 42.0 Å². The molecule has 1 unspecified atom stereocenters. The molecule has 3 rings (SSSR count). The van der Waals surface area contributed by atoms with E-state index in [9.17, 15) is 14.3 Å². The lowest BCUT2D eigenvalue weighted by atomic mass is 10.0. The molecule has 0 fully saturated rings. The standard InChI is InChI=1S/C28H30FNO6/c1-33-26-9-5-6-10-27(26)35-16-15-30-18-21(31)19-36-22-13-11-20(12-14-22)17-24(28(32)34-2)23-7-3-4-8-25(23)29/h3-14,17,21,30-31H,15-16,18-19H2,1-2H3/b24-17+. The first-order valence-corrected chi connectivity index (χ1v) is 11.4. The normalized spacial score (nSPS) is 12.1. The molecule has 0 saturated carbocycles. The van der Waals surface area contributed by atoms with E-state index >= 15 is 0 Å². The highest BCUT2D eigenvalue weighted by molar-refractivity contribution is 6.21. The van der Waals surface area contributed by atoms with E-state index in [1.807, 2.05) is 24.3 Å². The van der Waals surface area contributed by atoms with Crippen molar-refractivity contribution < 1.29 is 33.2 Å². The van der Waals surface area contributed by atoms with Gasteiger partial charge in [0, 0.05) is 18.7 Å². The van der Waals surface area contributed by atoms with Crippen molar-refractivity contribution in [2.45, 2.75) is 6.10 Å². The molecule has 0 bridgehead atoms. The Hall–Kier alpha value is -3.88. The smallest absolute Gasteiger partial charge is 0.338 e. The lowest BCUT2D eigenvalue weighted by molar-refractivity contribution is -0.133. The number of hydrogen-bond acceptors (Lipinski definition) is 7. The number of carbonyl (C=O) groups is 1. The molecule has 1 atom stereocenters. The van der Waals surface area contributed by atoms with Crippen LogP contribution >= 0.6 is 0 Å². The van der Waals surface area contributed by atoms with Crippen molar-refractivity contribution in [1.82, 2.24) is 5.32 Å². The first-order chi connectivity index (χ1) is 17.5. The molecule has 2 N–H and O–H groups in total. The van der Waals surface area contributed by atoms with Crippen LogP contribution in [0, 0.1) is 5.82 Å². The van der Waals surface area contributed by atoms with Crippen LogP contribution in [0.4, 0.5) is 4.39 Å². The predicted molar refractivity (Wildman–Crippen MR) is 136 cm³/mol. The van der Waals surface area contributed by atoms with E-state index in [1.165, 1.54) is 19.2 Å². The Balaban J connectivity index is 1.46. The minimum atomic E-state index is -0.720. The SMILES string of the molecule is COC(=O)/C(=C/c1ccc(OCC(O)CNCCOc2ccccc2OC)cc1)c1ccccc1F. The molecule has 0 amide bonds. The van der Waals surface area contributed by atoms with Crippen LogP contribution in [0.5, 0.6) is 17.2 Å². The van der Waals surface area contributed by atoms with Crippen molar-refractivity contribution in [3.05, 3.63) is 89.7 Å². The van der Waals surface area contributed by atoms with Crippen molar-refractivity contribution in [2.75, 3.05) is 40.5 Å². The van der Waals surface area contributed by atoms with E-state index in [2.05, 4.69) is 5.32 Å². The summed E-state index contributed by atoms with van der Waals surface area (Å²) < 4.78 is 35.6. The van der Waals surface area contributed by atoms with E-state index in [0.29, 0.717) is 42.5 Å². The Labute approximate surface area is 210 Å². The number of benzene rings is 3. The van der Waals surface area contributed by atoms with Gasteiger partial charge >= 0.3 is 5.97 Å². The monoisotopic (exact) mass is 495 g/mol. The fourth-order valence-electron chi connectivity index (χ4n) is 3.35. The minimum Gasteiger partial charge on any atom is -0.493 e. The summed E-state index contributed by atoms with van der Waals surface area (Å²) in [5.41, 5.74) is 0.942. The maximum atomic E-state index is 14.2. The Kier molecular flexibility index (Phi) is 10.3. The number of hydrogen-bond donors (Lipinski definition) is 2. The Morgan fingerprint density at radius 3 is 2.36 bits per heavy atom. The third-order valence-electron chi connectivity index (χ3n) is 5.19. The number of carbonyl (C=O) groups excluding carboxylic acids is 1. The predicted octanol–water partition coefficient (Wildman–Crippen LogP) is 3.96. The van der Waals surface area contributed by atoms with Crippen LogP contribution in [-0.2, 0) is 9.53 Å². The fraction of sp³-hybridized carbons (Fsp3) is 0.250. The molecule has 0 aromatic heterocycles. The first kappa shape index (κ1) is 26.7. The average molecular weight is 496 g/mol. The highest BCUT2D eigenvalue weighted by atomic mass is 19.1. The third kappa shape index (κ3) is 7.83. The Bertz CT molecular complexity index is 1150. The van der Waals surface area contributed by atoms with Gasteiger partial charge in [0.2, 0.25) is 0 Å². The van der Waals surface area contributed by atoms with E-state index in [0.717, 1.165) is 0 Å². The fourth-order valence-corrected chi connectivity index (χ4v) is 3.35. The lowest BCUT2D eigenvalue weighted by Gasteiger charge is -2.14. The van der Waals surface area contributed by atoms with Crippen LogP contribution in [0.15, 0.2) is 72.8 Å². The first-order valence-electron chi connectivity index (χ1n) is 11.4. The van der Waals surface area contributed by atoms with Crippen LogP contribution in [0.1, 0.15) is 11.1 Å². The largest absolute Gasteiger partial charge is 0.493 e. The van der Waals surface area contributed by atoms with E-state index in [-0.39, 0.29) is 17.7 Å². The van der Waals surface area contributed by atoms with Crippen molar-refractivity contribution >= 4 is 17.6 Å². The summed E-state index contributed by atoms with van der Waals surface area (Å²) in [5, 5.41) is 13.3. The van der Waals surface area contributed by atoms with Crippen LogP contribution in [0.2, 0.25) is 0 Å². The number of ether oxygens (including phenoxy) is 4. The van der Waals surface area contributed by atoms with Crippen LogP contribution in [0.3, 0.4) is 0 Å². The number of nitrogens with one attached hydrogen (secondary N) is 1. The van der Waals surface area contributed by atoms with Gasteiger partial charge in [-0.25, -0.2) is 9.18 Å². The Morgan fingerprint density at radius 2 is 1.67 bits per heavy atom. The molecule has 3 aromatic rings.